The number of aromatic nitrogens is 2. The maximum Gasteiger partial charge on any atom is 0.262 e. The van der Waals surface area contributed by atoms with Gasteiger partial charge in [0.2, 0.25) is 6.79 Å². The van der Waals surface area contributed by atoms with E-state index in [9.17, 15) is 9.59 Å². The van der Waals surface area contributed by atoms with E-state index in [1.54, 1.807) is 24.3 Å². The summed E-state index contributed by atoms with van der Waals surface area (Å²) in [7, 11) is 0. The lowest BCUT2D eigenvalue weighted by Crippen LogP contribution is -2.37. The number of hydrogen-bond acceptors (Lipinski definition) is 5. The van der Waals surface area contributed by atoms with E-state index >= 15 is 0 Å². The Hall–Kier alpha value is -3.13. The minimum atomic E-state index is -0.199. The van der Waals surface area contributed by atoms with Gasteiger partial charge in [-0.15, -0.1) is 0 Å². The topological polar surface area (TPSA) is 85.4 Å². The van der Waals surface area contributed by atoms with Gasteiger partial charge in [-0.3, -0.25) is 14.2 Å². The van der Waals surface area contributed by atoms with Crippen molar-refractivity contribution in [2.24, 2.45) is 5.92 Å². The lowest BCUT2D eigenvalue weighted by Gasteiger charge is -2.26. The molecular formula is C24H25N3O4S. The summed E-state index contributed by atoms with van der Waals surface area (Å²) in [5.41, 5.74) is 1.92. The standard InChI is InChI=1S/C24H25N3O4S/c1-14-2-8-17(9-3-14)25-22(28)16-6-4-15(5-7-16)12-27-23(29)18-10-20-21(31-13-30-20)11-19(18)26-24(27)32/h4-7,10-11,14,17H,2-3,8-9,12-13H2,1H3,(H,25,28)(H,26,32). The molecule has 0 unspecified atom stereocenters. The average molecular weight is 452 g/mol. The van der Waals surface area contributed by atoms with Crippen LogP contribution in [0.3, 0.4) is 0 Å². The molecule has 32 heavy (non-hydrogen) atoms. The van der Waals surface area contributed by atoms with Crippen LogP contribution in [0.15, 0.2) is 41.2 Å². The first kappa shape index (κ1) is 20.8. The molecule has 2 aromatic carbocycles. The molecule has 0 radical (unpaired) electrons. The molecule has 1 amide bonds. The van der Waals surface area contributed by atoms with Gasteiger partial charge in [-0.1, -0.05) is 19.1 Å². The Morgan fingerprint density at radius 2 is 1.81 bits per heavy atom. The van der Waals surface area contributed by atoms with Crippen LogP contribution in [-0.2, 0) is 6.54 Å². The number of carbonyl (C=O) groups is 1. The van der Waals surface area contributed by atoms with Crippen LogP contribution < -0.4 is 20.3 Å². The zero-order valence-corrected chi connectivity index (χ0v) is 18.7. The summed E-state index contributed by atoms with van der Waals surface area (Å²) in [5, 5.41) is 3.63. The van der Waals surface area contributed by atoms with Crippen molar-refractivity contribution in [2.45, 2.75) is 45.2 Å². The zero-order chi connectivity index (χ0) is 22.2. The van der Waals surface area contributed by atoms with Crippen molar-refractivity contribution in [3.05, 3.63) is 62.6 Å². The number of ether oxygens (including phenoxy) is 2. The molecule has 8 heteroatoms. The monoisotopic (exact) mass is 451 g/mol. The third-order valence-corrected chi connectivity index (χ3v) is 6.71. The Morgan fingerprint density at radius 1 is 1.12 bits per heavy atom. The first-order chi connectivity index (χ1) is 15.5. The first-order valence-corrected chi connectivity index (χ1v) is 11.3. The Kier molecular flexibility index (Phi) is 5.46. The second-order valence-electron chi connectivity index (χ2n) is 8.70. The molecule has 2 heterocycles. The minimum absolute atomic E-state index is 0.0488. The van der Waals surface area contributed by atoms with Crippen LogP contribution in [0.1, 0.15) is 48.5 Å². The van der Waals surface area contributed by atoms with E-state index in [0.717, 1.165) is 37.2 Å². The van der Waals surface area contributed by atoms with Crippen LogP contribution in [0.4, 0.5) is 0 Å². The molecule has 1 saturated carbocycles. The Labute approximate surface area is 190 Å². The van der Waals surface area contributed by atoms with E-state index in [2.05, 4.69) is 17.2 Å². The van der Waals surface area contributed by atoms with E-state index in [0.29, 0.717) is 39.3 Å². The number of benzene rings is 2. The third-order valence-electron chi connectivity index (χ3n) is 6.38. The summed E-state index contributed by atoms with van der Waals surface area (Å²) >= 11 is 5.43. The molecular weight excluding hydrogens is 426 g/mol. The van der Waals surface area contributed by atoms with Crippen molar-refractivity contribution in [2.75, 3.05) is 6.79 Å². The van der Waals surface area contributed by atoms with Gasteiger partial charge in [0.15, 0.2) is 16.3 Å². The molecule has 1 aliphatic heterocycles. The van der Waals surface area contributed by atoms with Gasteiger partial charge >= 0.3 is 0 Å². The second kappa shape index (κ2) is 8.43. The number of amides is 1. The highest BCUT2D eigenvalue weighted by Gasteiger charge is 2.20. The summed E-state index contributed by atoms with van der Waals surface area (Å²) in [4.78, 5) is 28.8. The predicted octanol–water partition coefficient (Wildman–Crippen LogP) is 4.14. The van der Waals surface area contributed by atoms with Crippen molar-refractivity contribution in [3.8, 4) is 11.5 Å². The molecule has 2 aliphatic rings. The van der Waals surface area contributed by atoms with Crippen LogP contribution in [-0.4, -0.2) is 28.3 Å². The molecule has 0 spiro atoms. The van der Waals surface area contributed by atoms with Crippen molar-refractivity contribution in [3.63, 3.8) is 0 Å². The summed E-state index contributed by atoms with van der Waals surface area (Å²) < 4.78 is 12.6. The molecule has 0 saturated heterocycles. The number of fused-ring (bicyclic) bond motifs is 2. The van der Waals surface area contributed by atoms with Crippen LogP contribution in [0.2, 0.25) is 0 Å². The fraction of sp³-hybridized carbons (Fsp3) is 0.375. The minimum Gasteiger partial charge on any atom is -0.454 e. The number of nitrogens with one attached hydrogen (secondary N) is 2. The van der Waals surface area contributed by atoms with Gasteiger partial charge in [0.05, 0.1) is 17.4 Å². The molecule has 2 N–H and O–H groups in total. The highest BCUT2D eigenvalue weighted by molar-refractivity contribution is 7.71. The summed E-state index contributed by atoms with van der Waals surface area (Å²) in [6.07, 6.45) is 4.39. The molecule has 0 atom stereocenters. The van der Waals surface area contributed by atoms with Crippen LogP contribution in [0.5, 0.6) is 11.5 Å². The van der Waals surface area contributed by atoms with Gasteiger partial charge in [0.25, 0.3) is 11.5 Å². The summed E-state index contributed by atoms with van der Waals surface area (Å²) in [6.45, 7) is 2.71. The number of nitrogens with zero attached hydrogens (tertiary/aromatic N) is 1. The fourth-order valence-corrected chi connectivity index (χ4v) is 4.66. The average Bonchev–Trinajstić information content (AvgIpc) is 3.25. The second-order valence-corrected chi connectivity index (χ2v) is 9.09. The van der Waals surface area contributed by atoms with Gasteiger partial charge in [0, 0.05) is 17.7 Å². The van der Waals surface area contributed by atoms with Gasteiger partial charge in [-0.25, -0.2) is 0 Å². The number of carbonyl (C=O) groups excluding carboxylic acids is 1. The van der Waals surface area contributed by atoms with Gasteiger partial charge < -0.3 is 19.8 Å². The molecule has 1 aliphatic carbocycles. The van der Waals surface area contributed by atoms with Crippen LogP contribution >= 0.6 is 12.2 Å². The zero-order valence-electron chi connectivity index (χ0n) is 17.8. The quantitative estimate of drug-likeness (QED) is 0.582. The molecule has 1 fully saturated rings. The Morgan fingerprint density at radius 3 is 2.53 bits per heavy atom. The van der Waals surface area contributed by atoms with Crippen molar-refractivity contribution in [1.29, 1.82) is 0 Å². The molecule has 166 valence electrons. The number of hydrogen-bond donors (Lipinski definition) is 2. The van der Waals surface area contributed by atoms with Gasteiger partial charge in [-0.2, -0.15) is 0 Å². The highest BCUT2D eigenvalue weighted by Crippen LogP contribution is 2.34. The molecule has 0 bridgehead atoms. The lowest BCUT2D eigenvalue weighted by molar-refractivity contribution is 0.0923. The SMILES string of the molecule is CC1CCC(NC(=O)c2ccc(Cn3c(=S)[nH]c4cc5c(cc4c3=O)OCO5)cc2)CC1. The largest absolute Gasteiger partial charge is 0.454 e. The third kappa shape index (κ3) is 4.02. The first-order valence-electron chi connectivity index (χ1n) is 10.9. The summed E-state index contributed by atoms with van der Waals surface area (Å²) in [5.74, 6) is 1.84. The van der Waals surface area contributed by atoms with Crippen molar-refractivity contribution >= 4 is 29.0 Å². The van der Waals surface area contributed by atoms with E-state index in [-0.39, 0.29) is 24.3 Å². The van der Waals surface area contributed by atoms with Crippen LogP contribution in [0.25, 0.3) is 10.9 Å². The Balaban J connectivity index is 1.34. The predicted molar refractivity (Wildman–Crippen MR) is 124 cm³/mol. The smallest absolute Gasteiger partial charge is 0.262 e. The van der Waals surface area contributed by atoms with Crippen LogP contribution in [0, 0.1) is 10.7 Å². The Bertz CT molecular complexity index is 1290. The van der Waals surface area contributed by atoms with Crippen molar-refractivity contribution < 1.29 is 14.3 Å². The van der Waals surface area contributed by atoms with E-state index in [4.69, 9.17) is 21.7 Å². The number of rotatable bonds is 4. The molecule has 7 nitrogen and oxygen atoms in total. The normalized spacial score (nSPS) is 19.8. The maximum atomic E-state index is 13.1. The van der Waals surface area contributed by atoms with E-state index in [1.807, 2.05) is 12.1 Å². The van der Waals surface area contributed by atoms with E-state index < -0.39 is 0 Å². The number of H-pyrrole nitrogens is 1. The maximum absolute atomic E-state index is 13.1. The van der Waals surface area contributed by atoms with E-state index in [1.165, 1.54) is 4.57 Å². The molecule has 5 rings (SSSR count). The fourth-order valence-electron chi connectivity index (χ4n) is 4.40. The van der Waals surface area contributed by atoms with Crippen molar-refractivity contribution in [1.82, 2.24) is 14.9 Å². The lowest BCUT2D eigenvalue weighted by atomic mass is 9.87. The summed E-state index contributed by atoms with van der Waals surface area (Å²) in [6, 6.07) is 11.0. The van der Waals surface area contributed by atoms with Gasteiger partial charge in [0.1, 0.15) is 0 Å². The van der Waals surface area contributed by atoms with Gasteiger partial charge in [-0.05, 0) is 67.6 Å². The molecule has 3 aromatic rings. The molecule has 1 aromatic heterocycles. The highest BCUT2D eigenvalue weighted by atomic mass is 32.1. The number of aromatic amines is 1.